The van der Waals surface area contributed by atoms with Gasteiger partial charge in [-0.25, -0.2) is 9.59 Å². The maximum absolute atomic E-state index is 12.0. The number of likely N-dealkylation sites (tertiary alicyclic amines) is 1. The van der Waals surface area contributed by atoms with Crippen LogP contribution in [0.4, 0.5) is 4.79 Å². The van der Waals surface area contributed by atoms with Crippen LogP contribution in [0.3, 0.4) is 0 Å². The molecule has 0 radical (unpaired) electrons. The molecule has 20 heavy (non-hydrogen) atoms. The Bertz CT molecular complexity index is 402. The Morgan fingerprint density at radius 2 is 1.90 bits per heavy atom. The Morgan fingerprint density at radius 3 is 2.30 bits per heavy atom. The molecular weight excluding hydrogens is 264 g/mol. The lowest BCUT2D eigenvalue weighted by Gasteiger charge is -2.40. The van der Waals surface area contributed by atoms with Crippen LogP contribution in [0.15, 0.2) is 0 Å². The van der Waals surface area contributed by atoms with Crippen LogP contribution < -0.4 is 5.32 Å². The maximum atomic E-state index is 12.0. The first-order valence-corrected chi connectivity index (χ1v) is 6.53. The summed E-state index contributed by atoms with van der Waals surface area (Å²) in [6.07, 6.45) is 0.0357. The number of nitrogens with zero attached hydrogens (tertiary/aromatic N) is 1. The molecule has 7 heteroatoms. The van der Waals surface area contributed by atoms with E-state index < -0.39 is 29.7 Å². The van der Waals surface area contributed by atoms with Crippen molar-refractivity contribution in [2.45, 2.75) is 51.8 Å². The molecule has 0 bridgehead atoms. The monoisotopic (exact) mass is 286 g/mol. The summed E-state index contributed by atoms with van der Waals surface area (Å²) in [6, 6.07) is -1.33. The molecule has 0 aromatic rings. The van der Waals surface area contributed by atoms with E-state index in [9.17, 15) is 14.4 Å². The van der Waals surface area contributed by atoms with E-state index in [0.717, 1.165) is 0 Å². The van der Waals surface area contributed by atoms with Crippen LogP contribution in [0.25, 0.3) is 0 Å². The zero-order chi connectivity index (χ0) is 15.5. The molecule has 7 nitrogen and oxygen atoms in total. The number of esters is 1. The van der Waals surface area contributed by atoms with Crippen molar-refractivity contribution in [3.63, 3.8) is 0 Å². The van der Waals surface area contributed by atoms with Gasteiger partial charge in [-0.2, -0.15) is 0 Å². The van der Waals surface area contributed by atoms with Crippen molar-refractivity contribution in [3.05, 3.63) is 0 Å². The van der Waals surface area contributed by atoms with Crippen molar-refractivity contribution in [1.82, 2.24) is 10.2 Å². The molecule has 1 aliphatic heterocycles. The van der Waals surface area contributed by atoms with Gasteiger partial charge >= 0.3 is 12.1 Å². The Balaban J connectivity index is 2.54. The number of ether oxygens (including phenoxy) is 2. The summed E-state index contributed by atoms with van der Waals surface area (Å²) in [5.41, 5.74) is -0.604. The summed E-state index contributed by atoms with van der Waals surface area (Å²) >= 11 is 0. The average Bonchev–Trinajstić information content (AvgIpc) is 2.23. The van der Waals surface area contributed by atoms with E-state index >= 15 is 0 Å². The van der Waals surface area contributed by atoms with Gasteiger partial charge in [0.25, 0.3) is 0 Å². The highest BCUT2D eigenvalue weighted by Crippen LogP contribution is 2.21. The van der Waals surface area contributed by atoms with E-state index in [1.54, 1.807) is 20.8 Å². The molecule has 0 aromatic heterocycles. The first-order valence-electron chi connectivity index (χ1n) is 6.53. The molecule has 1 fully saturated rings. The second-order valence-corrected chi connectivity index (χ2v) is 5.73. The zero-order valence-corrected chi connectivity index (χ0v) is 12.6. The van der Waals surface area contributed by atoms with E-state index in [1.165, 1.54) is 18.9 Å². The third kappa shape index (κ3) is 4.11. The van der Waals surface area contributed by atoms with E-state index in [2.05, 4.69) is 10.1 Å². The Labute approximate surface area is 118 Å². The number of hydrogen-bond donors (Lipinski definition) is 1. The molecule has 1 heterocycles. The highest BCUT2D eigenvalue weighted by molar-refractivity contribution is 5.90. The maximum Gasteiger partial charge on any atom is 0.410 e. The molecule has 2 atom stereocenters. The van der Waals surface area contributed by atoms with E-state index in [1.807, 2.05) is 0 Å². The number of hydrogen-bond acceptors (Lipinski definition) is 5. The number of amides is 2. The SMILES string of the molecule is COC(=O)[C@H](C)NC(=O)C1CCN1C(=O)OC(C)(C)C. The normalized spacial score (nSPS) is 19.6. The van der Waals surface area contributed by atoms with Crippen LogP contribution in [-0.2, 0) is 19.1 Å². The molecule has 2 amide bonds. The molecule has 1 aliphatic rings. The summed E-state index contributed by atoms with van der Waals surface area (Å²) in [5.74, 6) is -0.901. The fourth-order valence-electron chi connectivity index (χ4n) is 1.74. The van der Waals surface area contributed by atoms with Crippen LogP contribution in [0.1, 0.15) is 34.1 Å². The van der Waals surface area contributed by atoms with E-state index in [0.29, 0.717) is 13.0 Å². The summed E-state index contributed by atoms with van der Waals surface area (Å²) in [6.45, 7) is 7.29. The third-order valence-corrected chi connectivity index (χ3v) is 2.86. The van der Waals surface area contributed by atoms with Gasteiger partial charge in [0.05, 0.1) is 7.11 Å². The highest BCUT2D eigenvalue weighted by atomic mass is 16.6. The molecule has 0 aromatic carbocycles. The van der Waals surface area contributed by atoms with Gasteiger partial charge in [0.15, 0.2) is 0 Å². The lowest BCUT2D eigenvalue weighted by molar-refractivity contribution is -0.145. The minimum Gasteiger partial charge on any atom is -0.467 e. The molecule has 1 saturated heterocycles. The fraction of sp³-hybridized carbons (Fsp3) is 0.769. The predicted molar refractivity (Wildman–Crippen MR) is 71.0 cm³/mol. The van der Waals surface area contributed by atoms with Gasteiger partial charge in [-0.3, -0.25) is 9.69 Å². The number of methoxy groups -OCH3 is 1. The Kier molecular flexibility index (Phi) is 4.97. The number of carbonyl (C=O) groups excluding carboxylic acids is 3. The van der Waals surface area contributed by atoms with Crippen LogP contribution in [0, 0.1) is 0 Å². The quantitative estimate of drug-likeness (QED) is 0.771. The van der Waals surface area contributed by atoms with Crippen LogP contribution in [-0.4, -0.2) is 54.2 Å². The van der Waals surface area contributed by atoms with Crippen molar-refractivity contribution in [2.75, 3.05) is 13.7 Å². The van der Waals surface area contributed by atoms with Gasteiger partial charge in [0.2, 0.25) is 5.91 Å². The summed E-state index contributed by atoms with van der Waals surface area (Å²) in [4.78, 5) is 36.4. The van der Waals surface area contributed by atoms with Gasteiger partial charge in [0.1, 0.15) is 17.7 Å². The smallest absolute Gasteiger partial charge is 0.410 e. The molecule has 114 valence electrons. The zero-order valence-electron chi connectivity index (χ0n) is 12.6. The topological polar surface area (TPSA) is 84.9 Å². The number of carbonyl (C=O) groups is 3. The number of nitrogens with one attached hydrogen (secondary N) is 1. The Hall–Kier alpha value is -1.79. The van der Waals surface area contributed by atoms with Crippen molar-refractivity contribution >= 4 is 18.0 Å². The van der Waals surface area contributed by atoms with Gasteiger partial charge in [0, 0.05) is 6.54 Å². The summed E-state index contributed by atoms with van der Waals surface area (Å²) in [7, 11) is 1.25. The van der Waals surface area contributed by atoms with E-state index in [4.69, 9.17) is 4.74 Å². The van der Waals surface area contributed by atoms with Crippen molar-refractivity contribution in [2.24, 2.45) is 0 Å². The molecular formula is C13H22N2O5. The van der Waals surface area contributed by atoms with Crippen LogP contribution >= 0.6 is 0 Å². The predicted octanol–water partition coefficient (Wildman–Crippen LogP) is 0.673. The van der Waals surface area contributed by atoms with Gasteiger partial charge < -0.3 is 14.8 Å². The fourth-order valence-corrected chi connectivity index (χ4v) is 1.74. The lowest BCUT2D eigenvalue weighted by Crippen LogP contribution is -2.60. The minimum atomic E-state index is -0.742. The van der Waals surface area contributed by atoms with Gasteiger partial charge in [-0.1, -0.05) is 0 Å². The van der Waals surface area contributed by atoms with Crippen LogP contribution in [0.2, 0.25) is 0 Å². The largest absolute Gasteiger partial charge is 0.467 e. The average molecular weight is 286 g/mol. The van der Waals surface area contributed by atoms with Crippen molar-refractivity contribution in [3.8, 4) is 0 Å². The van der Waals surface area contributed by atoms with Crippen LogP contribution in [0.5, 0.6) is 0 Å². The van der Waals surface area contributed by atoms with Gasteiger partial charge in [-0.05, 0) is 34.1 Å². The first-order chi connectivity index (χ1) is 9.15. The Morgan fingerprint density at radius 1 is 1.30 bits per heavy atom. The molecule has 1 rings (SSSR count). The van der Waals surface area contributed by atoms with Crippen molar-refractivity contribution < 1.29 is 23.9 Å². The minimum absolute atomic E-state index is 0.375. The lowest BCUT2D eigenvalue weighted by atomic mass is 10.0. The second kappa shape index (κ2) is 6.11. The van der Waals surface area contributed by atoms with Crippen molar-refractivity contribution in [1.29, 1.82) is 0 Å². The first kappa shape index (κ1) is 16.3. The molecule has 1 unspecified atom stereocenters. The molecule has 0 aliphatic carbocycles. The highest BCUT2D eigenvalue weighted by Gasteiger charge is 2.40. The summed E-state index contributed by atoms with van der Waals surface area (Å²) in [5, 5.41) is 2.52. The molecule has 1 N–H and O–H groups in total. The third-order valence-electron chi connectivity index (χ3n) is 2.86. The standard InChI is InChI=1S/C13H22N2O5/c1-8(11(17)19-5)14-10(16)9-6-7-15(9)12(18)20-13(2,3)4/h8-9H,6-7H2,1-5H3,(H,14,16)/t8-,9?/m0/s1. The molecule has 0 spiro atoms. The second-order valence-electron chi connectivity index (χ2n) is 5.73. The van der Waals surface area contributed by atoms with E-state index in [-0.39, 0.29) is 5.91 Å². The molecule has 0 saturated carbocycles. The number of rotatable bonds is 3. The summed E-state index contributed by atoms with van der Waals surface area (Å²) < 4.78 is 9.74. The van der Waals surface area contributed by atoms with Gasteiger partial charge in [-0.15, -0.1) is 0 Å².